The summed E-state index contributed by atoms with van der Waals surface area (Å²) in [5.74, 6) is 0. The first-order valence-corrected chi connectivity index (χ1v) is 8.05. The summed E-state index contributed by atoms with van der Waals surface area (Å²) in [5.41, 5.74) is 0.908. The summed E-state index contributed by atoms with van der Waals surface area (Å²) in [7, 11) is -3.36. The number of ether oxygens (including phenoxy) is 1. The van der Waals surface area contributed by atoms with Crippen LogP contribution in [0.25, 0.3) is 0 Å². The van der Waals surface area contributed by atoms with Gasteiger partial charge in [0.25, 0.3) is 0 Å². The van der Waals surface area contributed by atoms with E-state index >= 15 is 0 Å². The molecule has 19 heavy (non-hydrogen) atoms. The van der Waals surface area contributed by atoms with Crippen molar-refractivity contribution in [2.45, 2.75) is 30.8 Å². The van der Waals surface area contributed by atoms with E-state index in [-0.39, 0.29) is 11.0 Å². The topological polar surface area (TPSA) is 67.4 Å². The molecule has 2 rings (SSSR count). The van der Waals surface area contributed by atoms with Gasteiger partial charge in [-0.2, -0.15) is 0 Å². The van der Waals surface area contributed by atoms with Gasteiger partial charge >= 0.3 is 0 Å². The summed E-state index contributed by atoms with van der Waals surface area (Å²) in [6.45, 7) is 3.75. The smallest absolute Gasteiger partial charge is 0.240 e. The minimum atomic E-state index is -3.36. The highest BCUT2D eigenvalue weighted by atomic mass is 32.2. The predicted molar refractivity (Wildman–Crippen MR) is 74.8 cm³/mol. The lowest BCUT2D eigenvalue weighted by atomic mass is 10.2. The summed E-state index contributed by atoms with van der Waals surface area (Å²) >= 11 is 0. The molecule has 0 spiro atoms. The second-order valence-electron chi connectivity index (χ2n) is 4.54. The molecule has 0 amide bonds. The van der Waals surface area contributed by atoms with E-state index in [4.69, 9.17) is 4.74 Å². The van der Waals surface area contributed by atoms with Crippen LogP contribution in [0.2, 0.25) is 0 Å². The summed E-state index contributed by atoms with van der Waals surface area (Å²) in [4.78, 5) is 0.289. The molecule has 1 unspecified atom stereocenters. The monoisotopic (exact) mass is 284 g/mol. The van der Waals surface area contributed by atoms with Crippen molar-refractivity contribution < 1.29 is 13.2 Å². The SMILES string of the molecule is CCNS(=O)(=O)c1ccc(NCC2CCCO2)cc1. The van der Waals surface area contributed by atoms with E-state index in [1.54, 1.807) is 31.2 Å². The van der Waals surface area contributed by atoms with Crippen molar-refractivity contribution in [1.82, 2.24) is 4.72 Å². The number of nitrogens with one attached hydrogen (secondary N) is 2. The highest BCUT2D eigenvalue weighted by Gasteiger charge is 2.15. The summed E-state index contributed by atoms with van der Waals surface area (Å²) in [6.07, 6.45) is 2.47. The van der Waals surface area contributed by atoms with Gasteiger partial charge in [0.2, 0.25) is 10.0 Å². The van der Waals surface area contributed by atoms with Gasteiger partial charge in [-0.25, -0.2) is 13.1 Å². The minimum Gasteiger partial charge on any atom is -0.382 e. The van der Waals surface area contributed by atoms with Gasteiger partial charge in [0.1, 0.15) is 0 Å². The van der Waals surface area contributed by atoms with Crippen LogP contribution in [-0.4, -0.2) is 34.2 Å². The van der Waals surface area contributed by atoms with Crippen molar-refractivity contribution in [3.63, 3.8) is 0 Å². The maximum Gasteiger partial charge on any atom is 0.240 e. The summed E-state index contributed by atoms with van der Waals surface area (Å²) < 4.78 is 31.5. The van der Waals surface area contributed by atoms with Gasteiger partial charge in [0, 0.05) is 25.4 Å². The number of benzene rings is 1. The fraction of sp³-hybridized carbons (Fsp3) is 0.538. The maximum atomic E-state index is 11.8. The third kappa shape index (κ3) is 3.92. The van der Waals surface area contributed by atoms with Crippen LogP contribution in [0.15, 0.2) is 29.2 Å². The second kappa shape index (κ2) is 6.36. The van der Waals surface area contributed by atoms with E-state index in [1.165, 1.54) is 0 Å². The third-order valence-electron chi connectivity index (χ3n) is 3.06. The molecule has 0 aliphatic carbocycles. The van der Waals surface area contributed by atoms with Crippen LogP contribution in [0.3, 0.4) is 0 Å². The Hall–Kier alpha value is -1.11. The first kappa shape index (κ1) is 14.3. The molecule has 1 fully saturated rings. The van der Waals surface area contributed by atoms with Gasteiger partial charge in [-0.15, -0.1) is 0 Å². The molecular formula is C13H20N2O3S. The molecule has 0 aromatic heterocycles. The normalized spacial score (nSPS) is 19.5. The lowest BCUT2D eigenvalue weighted by Gasteiger charge is -2.12. The van der Waals surface area contributed by atoms with E-state index in [0.29, 0.717) is 6.54 Å². The predicted octanol–water partition coefficient (Wildman–Crippen LogP) is 1.58. The molecule has 2 N–H and O–H groups in total. The molecule has 0 saturated carbocycles. The van der Waals surface area contributed by atoms with Crippen LogP contribution < -0.4 is 10.0 Å². The van der Waals surface area contributed by atoms with E-state index in [0.717, 1.165) is 31.7 Å². The Labute approximate surface area is 114 Å². The first-order chi connectivity index (χ1) is 9.12. The van der Waals surface area contributed by atoms with Crippen molar-refractivity contribution in [2.75, 3.05) is 25.0 Å². The zero-order valence-corrected chi connectivity index (χ0v) is 11.9. The quantitative estimate of drug-likeness (QED) is 0.832. The fourth-order valence-corrected chi connectivity index (χ4v) is 3.10. The van der Waals surface area contributed by atoms with E-state index in [1.807, 2.05) is 0 Å². The fourth-order valence-electron chi connectivity index (χ4n) is 2.06. The number of sulfonamides is 1. The lowest BCUT2D eigenvalue weighted by molar-refractivity contribution is 0.120. The van der Waals surface area contributed by atoms with Crippen molar-refractivity contribution in [3.8, 4) is 0 Å². The number of anilines is 1. The Morgan fingerprint density at radius 3 is 2.63 bits per heavy atom. The number of rotatable bonds is 6. The molecule has 0 bridgehead atoms. The van der Waals surface area contributed by atoms with Crippen LogP contribution >= 0.6 is 0 Å². The van der Waals surface area contributed by atoms with Gasteiger partial charge in [-0.1, -0.05) is 6.92 Å². The van der Waals surface area contributed by atoms with Crippen molar-refractivity contribution in [1.29, 1.82) is 0 Å². The van der Waals surface area contributed by atoms with Crippen molar-refractivity contribution in [2.24, 2.45) is 0 Å². The Morgan fingerprint density at radius 2 is 2.05 bits per heavy atom. The Balaban J connectivity index is 1.94. The molecule has 1 heterocycles. The van der Waals surface area contributed by atoms with Crippen molar-refractivity contribution in [3.05, 3.63) is 24.3 Å². The minimum absolute atomic E-state index is 0.269. The van der Waals surface area contributed by atoms with E-state index in [9.17, 15) is 8.42 Å². The Morgan fingerprint density at radius 1 is 1.32 bits per heavy atom. The molecule has 1 aromatic carbocycles. The highest BCUT2D eigenvalue weighted by Crippen LogP contribution is 2.16. The maximum absolute atomic E-state index is 11.8. The van der Waals surface area contributed by atoms with Crippen LogP contribution in [0, 0.1) is 0 Å². The molecule has 1 aliphatic rings. The molecule has 0 radical (unpaired) electrons. The van der Waals surface area contributed by atoms with E-state index < -0.39 is 10.0 Å². The average Bonchev–Trinajstić information content (AvgIpc) is 2.90. The van der Waals surface area contributed by atoms with Gasteiger partial charge in [-0.3, -0.25) is 0 Å². The lowest BCUT2D eigenvalue weighted by Crippen LogP contribution is -2.23. The third-order valence-corrected chi connectivity index (χ3v) is 4.62. The van der Waals surface area contributed by atoms with Crippen LogP contribution in [0.1, 0.15) is 19.8 Å². The molecule has 1 aliphatic heterocycles. The van der Waals surface area contributed by atoms with Gasteiger partial charge in [0.05, 0.1) is 11.0 Å². The summed E-state index contributed by atoms with van der Waals surface area (Å²) in [6, 6.07) is 6.77. The zero-order chi connectivity index (χ0) is 13.7. The summed E-state index contributed by atoms with van der Waals surface area (Å²) in [5, 5.41) is 3.26. The molecule has 1 aromatic rings. The first-order valence-electron chi connectivity index (χ1n) is 6.57. The number of hydrogen-bond acceptors (Lipinski definition) is 4. The largest absolute Gasteiger partial charge is 0.382 e. The van der Waals surface area contributed by atoms with Crippen LogP contribution in [0.5, 0.6) is 0 Å². The average molecular weight is 284 g/mol. The molecule has 5 nitrogen and oxygen atoms in total. The zero-order valence-electron chi connectivity index (χ0n) is 11.1. The molecular weight excluding hydrogens is 264 g/mol. The van der Waals surface area contributed by atoms with Gasteiger partial charge in [0.15, 0.2) is 0 Å². The standard InChI is InChI=1S/C13H20N2O3S/c1-2-15-19(16,17)13-7-5-11(6-8-13)14-10-12-4-3-9-18-12/h5-8,12,14-15H,2-4,9-10H2,1H3. The Kier molecular flexibility index (Phi) is 4.79. The molecule has 106 valence electrons. The number of hydrogen-bond donors (Lipinski definition) is 2. The van der Waals surface area contributed by atoms with Crippen LogP contribution in [-0.2, 0) is 14.8 Å². The Bertz CT molecular complexity index is 493. The molecule has 1 saturated heterocycles. The molecule has 6 heteroatoms. The second-order valence-corrected chi connectivity index (χ2v) is 6.31. The van der Waals surface area contributed by atoms with Gasteiger partial charge < -0.3 is 10.1 Å². The highest BCUT2D eigenvalue weighted by molar-refractivity contribution is 7.89. The van der Waals surface area contributed by atoms with Gasteiger partial charge in [-0.05, 0) is 37.1 Å². The van der Waals surface area contributed by atoms with Crippen LogP contribution in [0.4, 0.5) is 5.69 Å². The van der Waals surface area contributed by atoms with E-state index in [2.05, 4.69) is 10.0 Å². The van der Waals surface area contributed by atoms with Crippen molar-refractivity contribution >= 4 is 15.7 Å². The molecule has 1 atom stereocenters.